The minimum atomic E-state index is -0.248. The molecule has 3 aromatic heterocycles. The van der Waals surface area contributed by atoms with Gasteiger partial charge in [0, 0.05) is 45.6 Å². The Morgan fingerprint density at radius 3 is 3.04 bits per heavy atom. The van der Waals surface area contributed by atoms with E-state index < -0.39 is 0 Å². The predicted octanol–water partition coefficient (Wildman–Crippen LogP) is 2.77. The van der Waals surface area contributed by atoms with Gasteiger partial charge in [0.1, 0.15) is 10.7 Å². The molecule has 0 saturated heterocycles. The molecule has 7 nitrogen and oxygen atoms in total. The van der Waals surface area contributed by atoms with Gasteiger partial charge in [-0.2, -0.15) is 0 Å². The number of hydrogen-bond donors (Lipinski definition) is 3. The van der Waals surface area contributed by atoms with Crippen molar-refractivity contribution in [3.05, 3.63) is 70.8 Å². The Bertz CT molecular complexity index is 1040. The molecule has 8 heteroatoms. The number of nitrogens with two attached hydrogens (primary N) is 1. The molecular weight excluding hydrogens is 360 g/mol. The fourth-order valence-electron chi connectivity index (χ4n) is 2.79. The van der Waals surface area contributed by atoms with Crippen molar-refractivity contribution in [1.82, 2.24) is 19.9 Å². The predicted molar refractivity (Wildman–Crippen MR) is 110 cm³/mol. The molecule has 0 atom stereocenters. The van der Waals surface area contributed by atoms with E-state index in [2.05, 4.69) is 21.9 Å². The molecule has 27 heavy (non-hydrogen) atoms. The van der Waals surface area contributed by atoms with Gasteiger partial charge >= 0.3 is 0 Å². The first-order chi connectivity index (χ1) is 13.0. The van der Waals surface area contributed by atoms with Crippen molar-refractivity contribution >= 4 is 33.8 Å². The standard InChI is InChI=1S/C19H20N6OS.H2/c1-12(5-6-20)8-15-24-18-17(27-15)14(9-21)16(25(18)2)19(26)23-11-13-4-3-7-22-10-13;/h3-7,9-10,21H,1,8,11,20H2,2H3,(H,23,26);1H/b6-5-,21-9?;. The Morgan fingerprint density at radius 2 is 2.37 bits per heavy atom. The van der Waals surface area contributed by atoms with Gasteiger partial charge in [0.25, 0.3) is 5.91 Å². The fourth-order valence-corrected chi connectivity index (χ4v) is 3.96. The molecule has 3 heterocycles. The summed E-state index contributed by atoms with van der Waals surface area (Å²) >= 11 is 1.46. The highest BCUT2D eigenvalue weighted by molar-refractivity contribution is 7.19. The Hall–Kier alpha value is -3.26. The van der Waals surface area contributed by atoms with Crippen molar-refractivity contribution < 1.29 is 6.22 Å². The molecule has 0 aliphatic heterocycles. The highest BCUT2D eigenvalue weighted by Gasteiger charge is 2.23. The number of carbonyl (C=O) groups excluding carboxylic acids is 1. The Morgan fingerprint density at radius 1 is 1.56 bits per heavy atom. The van der Waals surface area contributed by atoms with Crippen LogP contribution in [0.2, 0.25) is 0 Å². The molecule has 0 unspecified atom stereocenters. The van der Waals surface area contributed by atoms with Gasteiger partial charge in [0.15, 0.2) is 5.65 Å². The fraction of sp³-hybridized carbons (Fsp3) is 0.158. The number of amides is 1. The molecule has 0 aromatic carbocycles. The lowest BCUT2D eigenvalue weighted by atomic mass is 10.2. The van der Waals surface area contributed by atoms with Crippen LogP contribution in [-0.2, 0) is 20.0 Å². The minimum Gasteiger partial charge on any atom is -0.405 e. The summed E-state index contributed by atoms with van der Waals surface area (Å²) in [4.78, 5) is 21.4. The average Bonchev–Trinajstić information content (AvgIpc) is 3.18. The minimum absolute atomic E-state index is 0. The zero-order valence-corrected chi connectivity index (χ0v) is 15.7. The summed E-state index contributed by atoms with van der Waals surface area (Å²) in [7, 11) is 1.78. The second-order valence-corrected chi connectivity index (χ2v) is 7.05. The van der Waals surface area contributed by atoms with Gasteiger partial charge in [0.2, 0.25) is 0 Å². The quantitative estimate of drug-likeness (QED) is 0.431. The molecule has 0 radical (unpaired) electrons. The average molecular weight is 382 g/mol. The van der Waals surface area contributed by atoms with E-state index >= 15 is 0 Å². The van der Waals surface area contributed by atoms with Gasteiger partial charge in [-0.1, -0.05) is 12.6 Å². The van der Waals surface area contributed by atoms with E-state index in [0.29, 0.717) is 29.9 Å². The van der Waals surface area contributed by atoms with E-state index in [1.54, 1.807) is 30.1 Å². The van der Waals surface area contributed by atoms with E-state index in [1.165, 1.54) is 23.8 Å². The number of aromatic nitrogens is 3. The third-order valence-corrected chi connectivity index (χ3v) is 5.13. The van der Waals surface area contributed by atoms with Gasteiger partial charge in [-0.05, 0) is 29.5 Å². The van der Waals surface area contributed by atoms with Crippen molar-refractivity contribution in [1.29, 1.82) is 5.41 Å². The van der Waals surface area contributed by atoms with E-state index in [1.807, 2.05) is 12.1 Å². The first kappa shape index (κ1) is 18.5. The lowest BCUT2D eigenvalue weighted by molar-refractivity contribution is 0.0943. The molecule has 0 saturated carbocycles. The SMILES string of the molecule is C=C(/C=C\N)Cc1nc2c(s1)c(C=N)c(C(=O)NCc1cccnc1)n2C.[HH]. The van der Waals surface area contributed by atoms with Gasteiger partial charge in [-0.25, -0.2) is 4.98 Å². The van der Waals surface area contributed by atoms with Crippen LogP contribution in [0.4, 0.5) is 0 Å². The number of carbonyl (C=O) groups is 1. The van der Waals surface area contributed by atoms with E-state index in [0.717, 1.165) is 20.8 Å². The topological polar surface area (TPSA) is 110 Å². The summed E-state index contributed by atoms with van der Waals surface area (Å²) in [5.41, 5.74) is 8.83. The van der Waals surface area contributed by atoms with Crippen molar-refractivity contribution in [2.45, 2.75) is 13.0 Å². The van der Waals surface area contributed by atoms with Crippen molar-refractivity contribution in [3.63, 3.8) is 0 Å². The van der Waals surface area contributed by atoms with Crippen LogP contribution in [0.5, 0.6) is 0 Å². The van der Waals surface area contributed by atoms with Crippen LogP contribution in [-0.4, -0.2) is 26.7 Å². The van der Waals surface area contributed by atoms with Gasteiger partial charge in [-0.15, -0.1) is 11.3 Å². The molecule has 4 N–H and O–H groups in total. The molecule has 140 valence electrons. The number of allylic oxidation sites excluding steroid dienone is 2. The van der Waals surface area contributed by atoms with Crippen molar-refractivity contribution in [2.75, 3.05) is 0 Å². The first-order valence-electron chi connectivity index (χ1n) is 8.26. The van der Waals surface area contributed by atoms with Gasteiger partial charge in [0.05, 0.1) is 4.70 Å². The molecule has 3 rings (SSSR count). The van der Waals surface area contributed by atoms with Gasteiger partial charge < -0.3 is 21.0 Å². The molecule has 0 aliphatic carbocycles. The van der Waals surface area contributed by atoms with Crippen LogP contribution in [0.15, 0.2) is 49.0 Å². The maximum absolute atomic E-state index is 12.7. The molecular formula is C19H22N6OS. The number of hydrogen-bond acceptors (Lipinski definition) is 6. The normalized spacial score (nSPS) is 11.1. The third-order valence-electron chi connectivity index (χ3n) is 4.05. The number of aryl methyl sites for hydroxylation is 1. The summed E-state index contributed by atoms with van der Waals surface area (Å²) in [6.45, 7) is 4.31. The zero-order chi connectivity index (χ0) is 19.4. The molecule has 3 aromatic rings. The number of nitrogens with zero attached hydrogens (tertiary/aromatic N) is 3. The van der Waals surface area contributed by atoms with Crippen molar-refractivity contribution in [2.24, 2.45) is 12.8 Å². The van der Waals surface area contributed by atoms with E-state index in [-0.39, 0.29) is 7.33 Å². The number of pyridine rings is 1. The van der Waals surface area contributed by atoms with Crippen LogP contribution >= 0.6 is 11.3 Å². The number of nitrogens with one attached hydrogen (secondary N) is 2. The molecule has 0 spiro atoms. The van der Waals surface area contributed by atoms with E-state index in [4.69, 9.17) is 11.1 Å². The Balaban J connectivity index is 0.00000280. The summed E-state index contributed by atoms with van der Waals surface area (Å²) in [5, 5.41) is 11.5. The second-order valence-electron chi connectivity index (χ2n) is 5.96. The molecule has 0 fully saturated rings. The summed E-state index contributed by atoms with van der Waals surface area (Å²) in [6, 6.07) is 3.72. The maximum Gasteiger partial charge on any atom is 0.268 e. The highest BCUT2D eigenvalue weighted by atomic mass is 32.1. The molecule has 0 aliphatic rings. The molecule has 0 bridgehead atoms. The number of rotatable bonds is 7. The lowest BCUT2D eigenvalue weighted by Crippen LogP contribution is -2.26. The maximum atomic E-state index is 12.7. The summed E-state index contributed by atoms with van der Waals surface area (Å²) < 4.78 is 2.55. The first-order valence-corrected chi connectivity index (χ1v) is 9.08. The number of thiazole rings is 1. The zero-order valence-electron chi connectivity index (χ0n) is 14.9. The van der Waals surface area contributed by atoms with Crippen LogP contribution in [0.25, 0.3) is 10.3 Å². The second kappa shape index (κ2) is 7.96. The summed E-state index contributed by atoms with van der Waals surface area (Å²) in [6.07, 6.45) is 8.36. The smallest absolute Gasteiger partial charge is 0.268 e. The van der Waals surface area contributed by atoms with Gasteiger partial charge in [-0.3, -0.25) is 9.78 Å². The number of fused-ring (bicyclic) bond motifs is 1. The monoisotopic (exact) mass is 382 g/mol. The summed E-state index contributed by atoms with van der Waals surface area (Å²) in [5.74, 6) is -0.248. The Labute approximate surface area is 162 Å². The van der Waals surface area contributed by atoms with Crippen LogP contribution < -0.4 is 11.1 Å². The third kappa shape index (κ3) is 3.80. The molecule has 1 amide bonds. The van der Waals surface area contributed by atoms with Crippen LogP contribution in [0.3, 0.4) is 0 Å². The van der Waals surface area contributed by atoms with Crippen LogP contribution in [0, 0.1) is 5.41 Å². The largest absolute Gasteiger partial charge is 0.405 e. The van der Waals surface area contributed by atoms with Crippen molar-refractivity contribution in [3.8, 4) is 0 Å². The van der Waals surface area contributed by atoms with E-state index in [9.17, 15) is 4.79 Å². The lowest BCUT2D eigenvalue weighted by Gasteiger charge is -2.07. The van der Waals surface area contributed by atoms with Crippen LogP contribution in [0.1, 0.15) is 28.0 Å². The Kier molecular flexibility index (Phi) is 5.46. The highest BCUT2D eigenvalue weighted by Crippen LogP contribution is 2.30.